The molecule has 0 aliphatic rings. The summed E-state index contributed by atoms with van der Waals surface area (Å²) in [6.45, 7) is 6.70. The Morgan fingerprint density at radius 1 is 0.733 bits per heavy atom. The van der Waals surface area contributed by atoms with Crippen molar-refractivity contribution >= 4 is 11.9 Å². The standard InChI is InChI=1S/C22H26O8/c1-4-25-13-14-26-15-20(27-29-21(23)18-9-5-16(2)6-10-18)28-30-22(24)19-11-7-17(3)8-12-19/h5-12,20H,4,13-15H2,1-3H3. The molecule has 8 nitrogen and oxygen atoms in total. The maximum Gasteiger partial charge on any atom is 0.373 e. The fourth-order valence-corrected chi connectivity index (χ4v) is 2.18. The van der Waals surface area contributed by atoms with Crippen LogP contribution in [0.5, 0.6) is 0 Å². The Morgan fingerprint density at radius 2 is 1.17 bits per heavy atom. The zero-order valence-corrected chi connectivity index (χ0v) is 17.3. The summed E-state index contributed by atoms with van der Waals surface area (Å²) in [6.07, 6.45) is -1.28. The van der Waals surface area contributed by atoms with Crippen molar-refractivity contribution in [3.8, 4) is 0 Å². The van der Waals surface area contributed by atoms with E-state index in [1.165, 1.54) is 0 Å². The summed E-state index contributed by atoms with van der Waals surface area (Å²) < 4.78 is 10.5. The van der Waals surface area contributed by atoms with E-state index in [-0.39, 0.29) is 13.2 Å². The molecule has 2 aromatic carbocycles. The highest BCUT2D eigenvalue weighted by atomic mass is 17.3. The second-order valence-electron chi connectivity index (χ2n) is 6.37. The van der Waals surface area contributed by atoms with Crippen molar-refractivity contribution < 1.29 is 38.6 Å². The van der Waals surface area contributed by atoms with E-state index < -0.39 is 18.2 Å². The predicted octanol–water partition coefficient (Wildman–Crippen LogP) is 3.56. The summed E-state index contributed by atoms with van der Waals surface area (Å²) in [5.41, 5.74) is 2.60. The molecule has 0 radical (unpaired) electrons. The molecule has 2 aromatic rings. The number of carbonyl (C=O) groups is 2. The highest BCUT2D eigenvalue weighted by Crippen LogP contribution is 2.09. The minimum absolute atomic E-state index is 0.157. The molecule has 0 aliphatic carbocycles. The third kappa shape index (κ3) is 8.30. The molecule has 162 valence electrons. The molecule has 0 amide bonds. The van der Waals surface area contributed by atoms with Crippen molar-refractivity contribution in [3.05, 3.63) is 70.8 Å². The summed E-state index contributed by atoms with van der Waals surface area (Å²) in [5.74, 6) is -1.44. The van der Waals surface area contributed by atoms with Gasteiger partial charge in [0, 0.05) is 6.61 Å². The molecule has 0 bridgehead atoms. The monoisotopic (exact) mass is 418 g/mol. The average Bonchev–Trinajstić information content (AvgIpc) is 2.75. The van der Waals surface area contributed by atoms with Gasteiger partial charge in [-0.15, -0.1) is 9.78 Å². The number of hydrogen-bond acceptors (Lipinski definition) is 8. The number of hydrogen-bond donors (Lipinski definition) is 0. The summed E-state index contributed by atoms with van der Waals surface area (Å²) in [7, 11) is 0. The summed E-state index contributed by atoms with van der Waals surface area (Å²) in [4.78, 5) is 43.8. The van der Waals surface area contributed by atoms with E-state index in [0.717, 1.165) is 11.1 Å². The predicted molar refractivity (Wildman–Crippen MR) is 106 cm³/mol. The lowest BCUT2D eigenvalue weighted by Gasteiger charge is -2.15. The lowest BCUT2D eigenvalue weighted by Crippen LogP contribution is -2.27. The van der Waals surface area contributed by atoms with E-state index in [0.29, 0.717) is 24.3 Å². The van der Waals surface area contributed by atoms with Crippen molar-refractivity contribution in [2.45, 2.75) is 27.1 Å². The lowest BCUT2D eigenvalue weighted by atomic mass is 10.2. The van der Waals surface area contributed by atoms with Crippen LogP contribution >= 0.6 is 0 Å². The van der Waals surface area contributed by atoms with E-state index in [9.17, 15) is 9.59 Å². The van der Waals surface area contributed by atoms with Crippen LogP contribution in [0.15, 0.2) is 48.5 Å². The van der Waals surface area contributed by atoms with Crippen LogP contribution in [0, 0.1) is 13.8 Å². The number of rotatable bonds is 12. The maximum absolute atomic E-state index is 12.1. The van der Waals surface area contributed by atoms with Crippen molar-refractivity contribution in [2.75, 3.05) is 26.4 Å². The molecular formula is C22H26O8. The normalized spacial score (nSPS) is 10.8. The summed E-state index contributed by atoms with van der Waals surface area (Å²) in [6, 6.07) is 13.5. The van der Waals surface area contributed by atoms with Gasteiger partial charge in [0.05, 0.1) is 24.3 Å². The largest absolute Gasteiger partial charge is 0.379 e. The van der Waals surface area contributed by atoms with Crippen molar-refractivity contribution in [3.63, 3.8) is 0 Å². The first-order valence-corrected chi connectivity index (χ1v) is 9.53. The van der Waals surface area contributed by atoms with Crippen LogP contribution in [0.3, 0.4) is 0 Å². The Kier molecular flexibility index (Phi) is 9.96. The van der Waals surface area contributed by atoms with Crippen LogP contribution in [-0.4, -0.2) is 44.7 Å². The van der Waals surface area contributed by atoms with Gasteiger partial charge in [0.15, 0.2) is 0 Å². The zero-order chi connectivity index (χ0) is 21.8. The Hall–Kier alpha value is -2.78. The van der Waals surface area contributed by atoms with Crippen LogP contribution in [-0.2, 0) is 29.0 Å². The average molecular weight is 418 g/mol. The molecule has 8 heteroatoms. The molecule has 30 heavy (non-hydrogen) atoms. The maximum atomic E-state index is 12.1. The first-order valence-electron chi connectivity index (χ1n) is 9.53. The highest BCUT2D eigenvalue weighted by Gasteiger charge is 2.20. The molecule has 0 unspecified atom stereocenters. The van der Waals surface area contributed by atoms with Crippen LogP contribution in [0.25, 0.3) is 0 Å². The molecule has 0 saturated heterocycles. The van der Waals surface area contributed by atoms with Crippen LogP contribution in [0.1, 0.15) is 38.8 Å². The van der Waals surface area contributed by atoms with Gasteiger partial charge < -0.3 is 9.47 Å². The molecule has 0 fully saturated rings. The molecule has 2 rings (SSSR count). The molecule has 0 aromatic heterocycles. The van der Waals surface area contributed by atoms with Crippen LogP contribution in [0.2, 0.25) is 0 Å². The highest BCUT2D eigenvalue weighted by molar-refractivity contribution is 5.89. The molecule has 0 atom stereocenters. The first kappa shape index (κ1) is 23.5. The number of benzene rings is 2. The number of carbonyl (C=O) groups excluding carboxylic acids is 2. The molecule has 0 saturated carbocycles. The van der Waals surface area contributed by atoms with E-state index >= 15 is 0 Å². The first-order chi connectivity index (χ1) is 14.5. The fraction of sp³-hybridized carbons (Fsp3) is 0.364. The van der Waals surface area contributed by atoms with Crippen molar-refractivity contribution in [2.24, 2.45) is 0 Å². The van der Waals surface area contributed by atoms with Gasteiger partial charge in [0.25, 0.3) is 6.29 Å². The zero-order valence-electron chi connectivity index (χ0n) is 17.3. The second-order valence-corrected chi connectivity index (χ2v) is 6.37. The molecule has 0 N–H and O–H groups in total. The quantitative estimate of drug-likeness (QED) is 0.224. The van der Waals surface area contributed by atoms with E-state index in [1.54, 1.807) is 48.5 Å². The Labute approximate surface area is 175 Å². The number of ether oxygens (including phenoxy) is 2. The van der Waals surface area contributed by atoms with Crippen LogP contribution in [0.4, 0.5) is 0 Å². The van der Waals surface area contributed by atoms with Gasteiger partial charge >= 0.3 is 11.9 Å². The van der Waals surface area contributed by atoms with E-state index in [2.05, 4.69) is 0 Å². The van der Waals surface area contributed by atoms with Gasteiger partial charge in [0.2, 0.25) is 0 Å². The van der Waals surface area contributed by atoms with Gasteiger partial charge in [-0.05, 0) is 45.0 Å². The van der Waals surface area contributed by atoms with E-state index in [4.69, 9.17) is 29.0 Å². The number of aryl methyl sites for hydroxylation is 2. The van der Waals surface area contributed by atoms with E-state index in [1.807, 2.05) is 20.8 Å². The summed E-state index contributed by atoms with van der Waals surface area (Å²) >= 11 is 0. The van der Waals surface area contributed by atoms with Crippen LogP contribution < -0.4 is 0 Å². The Balaban J connectivity index is 1.88. The molecular weight excluding hydrogens is 392 g/mol. The van der Waals surface area contributed by atoms with Crippen molar-refractivity contribution in [1.82, 2.24) is 0 Å². The SMILES string of the molecule is CCOCCOCC(OOC(=O)c1ccc(C)cc1)OOC(=O)c1ccc(C)cc1. The topological polar surface area (TPSA) is 89.5 Å². The minimum atomic E-state index is -1.28. The second kappa shape index (κ2) is 12.7. The smallest absolute Gasteiger partial charge is 0.373 e. The van der Waals surface area contributed by atoms with Gasteiger partial charge in [-0.1, -0.05) is 35.4 Å². The Bertz CT molecular complexity index is 724. The lowest BCUT2D eigenvalue weighted by molar-refractivity contribution is -0.427. The minimum Gasteiger partial charge on any atom is -0.379 e. The Morgan fingerprint density at radius 3 is 1.60 bits per heavy atom. The fourth-order valence-electron chi connectivity index (χ4n) is 2.18. The third-order valence-electron chi connectivity index (χ3n) is 3.87. The molecule has 0 spiro atoms. The van der Waals surface area contributed by atoms with Gasteiger partial charge in [0.1, 0.15) is 6.61 Å². The van der Waals surface area contributed by atoms with Gasteiger partial charge in [-0.25, -0.2) is 9.59 Å². The van der Waals surface area contributed by atoms with Crippen molar-refractivity contribution in [1.29, 1.82) is 0 Å². The van der Waals surface area contributed by atoms with Gasteiger partial charge in [-0.2, -0.15) is 0 Å². The molecule has 0 heterocycles. The summed E-state index contributed by atoms with van der Waals surface area (Å²) in [5, 5.41) is 0. The molecule has 0 aliphatic heterocycles. The van der Waals surface area contributed by atoms with Gasteiger partial charge in [-0.3, -0.25) is 9.78 Å². The third-order valence-corrected chi connectivity index (χ3v) is 3.87.